The third-order valence-electron chi connectivity index (χ3n) is 2.02. The van der Waals surface area contributed by atoms with Gasteiger partial charge in [-0.2, -0.15) is 0 Å². The van der Waals surface area contributed by atoms with E-state index in [0.717, 1.165) is 21.8 Å². The van der Waals surface area contributed by atoms with Crippen LogP contribution >= 0.6 is 15.9 Å². The molecule has 82 valence electrons. The van der Waals surface area contributed by atoms with E-state index in [9.17, 15) is 0 Å². The Morgan fingerprint density at radius 1 is 1.12 bits per heavy atom. The Labute approximate surface area is 102 Å². The molecule has 1 aromatic carbocycles. The lowest BCUT2D eigenvalue weighted by atomic mass is 10.3. The molecule has 2 N–H and O–H groups in total. The molecule has 0 bridgehead atoms. The van der Waals surface area contributed by atoms with Crippen molar-refractivity contribution in [1.29, 1.82) is 0 Å². The van der Waals surface area contributed by atoms with Gasteiger partial charge in [0.25, 0.3) is 0 Å². The van der Waals surface area contributed by atoms with Gasteiger partial charge in [0.1, 0.15) is 18.0 Å². The van der Waals surface area contributed by atoms with Gasteiger partial charge >= 0.3 is 0 Å². The van der Waals surface area contributed by atoms with Gasteiger partial charge in [-0.15, -0.1) is 0 Å². The van der Waals surface area contributed by atoms with Crippen LogP contribution in [0.2, 0.25) is 0 Å². The summed E-state index contributed by atoms with van der Waals surface area (Å²) in [4.78, 5) is 8.18. The van der Waals surface area contributed by atoms with Crippen molar-refractivity contribution in [2.75, 3.05) is 17.7 Å². The molecule has 16 heavy (non-hydrogen) atoms. The van der Waals surface area contributed by atoms with Crippen molar-refractivity contribution in [3.8, 4) is 0 Å². The fourth-order valence-corrected chi connectivity index (χ4v) is 1.68. The number of hydrogen-bond donors (Lipinski definition) is 2. The number of nitrogens with one attached hydrogen (secondary N) is 2. The first-order valence-corrected chi connectivity index (χ1v) is 5.59. The van der Waals surface area contributed by atoms with Crippen LogP contribution in [0.3, 0.4) is 0 Å². The summed E-state index contributed by atoms with van der Waals surface area (Å²) in [5, 5.41) is 6.16. The third kappa shape index (κ3) is 2.70. The van der Waals surface area contributed by atoms with Crippen molar-refractivity contribution in [2.45, 2.75) is 0 Å². The van der Waals surface area contributed by atoms with E-state index >= 15 is 0 Å². The van der Waals surface area contributed by atoms with Crippen molar-refractivity contribution in [1.82, 2.24) is 9.97 Å². The summed E-state index contributed by atoms with van der Waals surface area (Å²) in [6, 6.07) is 9.75. The average Bonchev–Trinajstić information content (AvgIpc) is 2.29. The first-order chi connectivity index (χ1) is 7.78. The van der Waals surface area contributed by atoms with Crippen molar-refractivity contribution >= 4 is 33.3 Å². The van der Waals surface area contributed by atoms with E-state index < -0.39 is 0 Å². The molecule has 2 rings (SSSR count). The van der Waals surface area contributed by atoms with Gasteiger partial charge in [-0.3, -0.25) is 0 Å². The minimum Gasteiger partial charge on any atom is -0.373 e. The van der Waals surface area contributed by atoms with Crippen molar-refractivity contribution < 1.29 is 0 Å². The van der Waals surface area contributed by atoms with Crippen LogP contribution < -0.4 is 10.6 Å². The molecule has 2 aromatic rings. The van der Waals surface area contributed by atoms with E-state index in [0.29, 0.717) is 0 Å². The smallest absolute Gasteiger partial charge is 0.135 e. The Kier molecular flexibility index (Phi) is 3.36. The maximum atomic E-state index is 4.13. The Morgan fingerprint density at radius 3 is 2.69 bits per heavy atom. The second-order valence-corrected chi connectivity index (χ2v) is 4.09. The monoisotopic (exact) mass is 278 g/mol. The predicted molar refractivity (Wildman–Crippen MR) is 69.0 cm³/mol. The second kappa shape index (κ2) is 4.94. The fourth-order valence-electron chi connectivity index (χ4n) is 1.28. The quantitative estimate of drug-likeness (QED) is 0.906. The van der Waals surface area contributed by atoms with Crippen LogP contribution in [-0.2, 0) is 0 Å². The summed E-state index contributed by atoms with van der Waals surface area (Å²) < 4.78 is 1.03. The van der Waals surface area contributed by atoms with E-state index in [4.69, 9.17) is 0 Å². The highest BCUT2D eigenvalue weighted by molar-refractivity contribution is 9.10. The highest BCUT2D eigenvalue weighted by atomic mass is 79.9. The number of aromatic nitrogens is 2. The van der Waals surface area contributed by atoms with E-state index in [-0.39, 0.29) is 0 Å². The summed E-state index contributed by atoms with van der Waals surface area (Å²) >= 11 is 3.42. The molecule has 0 unspecified atom stereocenters. The zero-order valence-corrected chi connectivity index (χ0v) is 10.3. The molecule has 1 aromatic heterocycles. The minimum atomic E-state index is 0.762. The van der Waals surface area contributed by atoms with Crippen molar-refractivity contribution in [3.05, 3.63) is 41.1 Å². The summed E-state index contributed by atoms with van der Waals surface area (Å²) in [6.07, 6.45) is 1.52. The first-order valence-electron chi connectivity index (χ1n) is 4.80. The highest BCUT2D eigenvalue weighted by Gasteiger charge is 1.98. The molecule has 0 aliphatic heterocycles. The maximum absolute atomic E-state index is 4.13. The lowest BCUT2D eigenvalue weighted by Gasteiger charge is -2.06. The van der Waals surface area contributed by atoms with Crippen LogP contribution in [0.25, 0.3) is 0 Å². The molecule has 0 saturated heterocycles. The van der Waals surface area contributed by atoms with Gasteiger partial charge < -0.3 is 10.6 Å². The standard InChI is InChI=1S/C11H11BrN4/c1-13-10-6-11(15-7-14-10)16-9-4-2-3-8(12)5-9/h2-7H,1H3,(H2,13,14,15,16). The minimum absolute atomic E-state index is 0.762. The number of rotatable bonds is 3. The van der Waals surface area contributed by atoms with Gasteiger partial charge in [-0.1, -0.05) is 22.0 Å². The molecule has 0 amide bonds. The molecular formula is C11H11BrN4. The van der Waals surface area contributed by atoms with Crippen molar-refractivity contribution in [3.63, 3.8) is 0 Å². The number of nitrogens with zero attached hydrogens (tertiary/aromatic N) is 2. The third-order valence-corrected chi connectivity index (χ3v) is 2.51. The fraction of sp³-hybridized carbons (Fsp3) is 0.0909. The van der Waals surface area contributed by atoms with Crippen LogP contribution in [0.5, 0.6) is 0 Å². The zero-order chi connectivity index (χ0) is 11.4. The van der Waals surface area contributed by atoms with E-state index in [1.165, 1.54) is 6.33 Å². The first kappa shape index (κ1) is 10.9. The molecule has 0 radical (unpaired) electrons. The lowest BCUT2D eigenvalue weighted by Crippen LogP contribution is -1.97. The molecule has 0 atom stereocenters. The summed E-state index contributed by atoms with van der Waals surface area (Å²) in [6.45, 7) is 0. The van der Waals surface area contributed by atoms with Crippen LogP contribution in [0, 0.1) is 0 Å². The van der Waals surface area contributed by atoms with Gasteiger partial charge in [-0.25, -0.2) is 9.97 Å². The Balaban J connectivity index is 2.20. The summed E-state index contributed by atoms with van der Waals surface area (Å²) in [7, 11) is 1.82. The summed E-state index contributed by atoms with van der Waals surface area (Å²) in [5.41, 5.74) is 0.982. The molecule has 4 nitrogen and oxygen atoms in total. The number of halogens is 1. The van der Waals surface area contributed by atoms with Gasteiger partial charge in [0.15, 0.2) is 0 Å². The van der Waals surface area contributed by atoms with Crippen molar-refractivity contribution in [2.24, 2.45) is 0 Å². The Bertz CT molecular complexity index is 487. The molecular weight excluding hydrogens is 268 g/mol. The van der Waals surface area contributed by atoms with Crippen LogP contribution in [-0.4, -0.2) is 17.0 Å². The topological polar surface area (TPSA) is 49.8 Å². The Hall–Kier alpha value is -1.62. The lowest BCUT2D eigenvalue weighted by molar-refractivity contribution is 1.16. The van der Waals surface area contributed by atoms with Crippen LogP contribution in [0.15, 0.2) is 41.1 Å². The largest absolute Gasteiger partial charge is 0.373 e. The molecule has 0 spiro atoms. The molecule has 1 heterocycles. The predicted octanol–water partition coefficient (Wildman–Crippen LogP) is 3.02. The van der Waals surface area contributed by atoms with Gasteiger partial charge in [0, 0.05) is 23.3 Å². The van der Waals surface area contributed by atoms with E-state index in [1.54, 1.807) is 0 Å². The van der Waals surface area contributed by atoms with Gasteiger partial charge in [0.2, 0.25) is 0 Å². The van der Waals surface area contributed by atoms with Crippen LogP contribution in [0.1, 0.15) is 0 Å². The zero-order valence-electron chi connectivity index (χ0n) is 8.74. The van der Waals surface area contributed by atoms with Crippen LogP contribution in [0.4, 0.5) is 17.3 Å². The molecule has 0 saturated carbocycles. The maximum Gasteiger partial charge on any atom is 0.135 e. The van der Waals surface area contributed by atoms with Gasteiger partial charge in [-0.05, 0) is 18.2 Å². The van der Waals surface area contributed by atoms with Gasteiger partial charge in [0.05, 0.1) is 0 Å². The normalized spacial score (nSPS) is 9.88. The average molecular weight is 279 g/mol. The second-order valence-electron chi connectivity index (χ2n) is 3.17. The molecule has 0 fully saturated rings. The highest BCUT2D eigenvalue weighted by Crippen LogP contribution is 2.19. The molecule has 0 aliphatic rings. The molecule has 0 aliphatic carbocycles. The number of anilines is 3. The Morgan fingerprint density at radius 2 is 1.94 bits per heavy atom. The summed E-state index contributed by atoms with van der Waals surface area (Å²) in [5.74, 6) is 1.55. The number of hydrogen-bond acceptors (Lipinski definition) is 4. The number of benzene rings is 1. The molecule has 5 heteroatoms. The SMILES string of the molecule is CNc1cc(Nc2cccc(Br)c2)ncn1. The van der Waals surface area contributed by atoms with E-state index in [2.05, 4.69) is 36.5 Å². The van der Waals surface area contributed by atoms with E-state index in [1.807, 2.05) is 37.4 Å².